The van der Waals surface area contributed by atoms with Gasteiger partial charge in [0, 0.05) is 38.3 Å². The number of aromatic nitrogens is 2. The zero-order chi connectivity index (χ0) is 16.9. The molecule has 1 aliphatic heterocycles. The molecular formula is C18H24N4OS. The highest BCUT2D eigenvalue weighted by Gasteiger charge is 2.40. The van der Waals surface area contributed by atoms with E-state index in [1.807, 2.05) is 18.3 Å². The van der Waals surface area contributed by atoms with Gasteiger partial charge in [0.2, 0.25) is 0 Å². The van der Waals surface area contributed by atoms with Gasteiger partial charge in [-0.25, -0.2) is 0 Å². The SMILES string of the molecule is CCCN1C(=S)N[C@H](c2ccccn2)[C@@H]1c1cccn1CCOC. The average Bonchev–Trinajstić information content (AvgIpc) is 3.19. The zero-order valence-electron chi connectivity index (χ0n) is 14.2. The highest BCUT2D eigenvalue weighted by Crippen LogP contribution is 2.38. The van der Waals surface area contributed by atoms with Crippen LogP contribution in [0.2, 0.25) is 0 Å². The molecule has 1 N–H and O–H groups in total. The highest BCUT2D eigenvalue weighted by molar-refractivity contribution is 7.80. The molecular weight excluding hydrogens is 320 g/mol. The summed E-state index contributed by atoms with van der Waals surface area (Å²) in [7, 11) is 1.73. The van der Waals surface area contributed by atoms with Crippen LogP contribution in [0.3, 0.4) is 0 Å². The minimum absolute atomic E-state index is 0.0569. The number of thiocarbonyl (C=S) groups is 1. The van der Waals surface area contributed by atoms with Gasteiger partial charge < -0.3 is 19.5 Å². The fourth-order valence-electron chi connectivity index (χ4n) is 3.30. The van der Waals surface area contributed by atoms with Gasteiger partial charge in [-0.2, -0.15) is 0 Å². The Bertz CT molecular complexity index is 673. The Kier molecular flexibility index (Phi) is 5.48. The minimum Gasteiger partial charge on any atom is -0.383 e. The predicted molar refractivity (Wildman–Crippen MR) is 98.8 cm³/mol. The van der Waals surface area contributed by atoms with Gasteiger partial charge >= 0.3 is 0 Å². The number of ether oxygens (including phenoxy) is 1. The van der Waals surface area contributed by atoms with Crippen LogP contribution in [0.15, 0.2) is 42.7 Å². The molecule has 3 rings (SSSR count). The number of methoxy groups -OCH3 is 1. The largest absolute Gasteiger partial charge is 0.383 e. The molecule has 0 saturated carbocycles. The fourth-order valence-corrected chi connectivity index (χ4v) is 3.63. The van der Waals surface area contributed by atoms with Crippen molar-refractivity contribution >= 4 is 17.3 Å². The third-order valence-electron chi connectivity index (χ3n) is 4.37. The van der Waals surface area contributed by atoms with Crippen LogP contribution in [0.1, 0.15) is 36.8 Å². The van der Waals surface area contributed by atoms with Crippen molar-refractivity contribution in [3.05, 3.63) is 54.1 Å². The first-order chi connectivity index (χ1) is 11.8. The summed E-state index contributed by atoms with van der Waals surface area (Å²) in [6.45, 7) is 4.62. The Morgan fingerprint density at radius 3 is 2.83 bits per heavy atom. The first-order valence-corrected chi connectivity index (χ1v) is 8.79. The van der Waals surface area contributed by atoms with E-state index in [0.29, 0.717) is 6.61 Å². The van der Waals surface area contributed by atoms with Crippen LogP contribution >= 0.6 is 12.2 Å². The summed E-state index contributed by atoms with van der Waals surface area (Å²) >= 11 is 5.62. The smallest absolute Gasteiger partial charge is 0.170 e. The lowest BCUT2D eigenvalue weighted by Gasteiger charge is -2.28. The van der Waals surface area contributed by atoms with E-state index in [-0.39, 0.29) is 12.1 Å². The fraction of sp³-hybridized carbons (Fsp3) is 0.444. The first kappa shape index (κ1) is 16.9. The van der Waals surface area contributed by atoms with E-state index in [9.17, 15) is 0 Å². The van der Waals surface area contributed by atoms with E-state index in [1.54, 1.807) is 7.11 Å². The molecule has 0 aliphatic carbocycles. The topological polar surface area (TPSA) is 42.3 Å². The van der Waals surface area contributed by atoms with Gasteiger partial charge in [-0.15, -0.1) is 0 Å². The summed E-state index contributed by atoms with van der Waals surface area (Å²) < 4.78 is 7.50. The van der Waals surface area contributed by atoms with Crippen molar-refractivity contribution in [2.24, 2.45) is 0 Å². The van der Waals surface area contributed by atoms with Crippen molar-refractivity contribution in [1.82, 2.24) is 19.8 Å². The number of rotatable bonds is 7. The summed E-state index contributed by atoms with van der Waals surface area (Å²) in [5.41, 5.74) is 2.26. The van der Waals surface area contributed by atoms with E-state index in [1.165, 1.54) is 5.69 Å². The van der Waals surface area contributed by atoms with E-state index in [0.717, 1.165) is 30.3 Å². The Balaban J connectivity index is 1.98. The average molecular weight is 344 g/mol. The molecule has 0 spiro atoms. The second kappa shape index (κ2) is 7.77. The summed E-state index contributed by atoms with van der Waals surface area (Å²) in [6.07, 6.45) is 4.99. The quantitative estimate of drug-likeness (QED) is 0.782. The van der Waals surface area contributed by atoms with E-state index < -0.39 is 0 Å². The highest BCUT2D eigenvalue weighted by atomic mass is 32.1. The molecule has 5 nitrogen and oxygen atoms in total. The number of hydrogen-bond donors (Lipinski definition) is 1. The van der Waals surface area contributed by atoms with Crippen LogP contribution in [0.5, 0.6) is 0 Å². The molecule has 6 heteroatoms. The number of nitrogens with one attached hydrogen (secondary N) is 1. The van der Waals surface area contributed by atoms with Crippen molar-refractivity contribution < 1.29 is 4.74 Å². The van der Waals surface area contributed by atoms with Crippen molar-refractivity contribution in [3.63, 3.8) is 0 Å². The summed E-state index contributed by atoms with van der Waals surface area (Å²) in [6, 6.07) is 10.5. The maximum absolute atomic E-state index is 5.62. The van der Waals surface area contributed by atoms with Crippen LogP contribution in [0.25, 0.3) is 0 Å². The molecule has 0 radical (unpaired) electrons. The summed E-state index contributed by atoms with van der Waals surface area (Å²) in [4.78, 5) is 6.84. The molecule has 24 heavy (non-hydrogen) atoms. The van der Waals surface area contributed by atoms with Gasteiger partial charge in [0.05, 0.1) is 24.4 Å². The first-order valence-electron chi connectivity index (χ1n) is 8.38. The Morgan fingerprint density at radius 1 is 1.25 bits per heavy atom. The molecule has 0 bridgehead atoms. The molecule has 1 fully saturated rings. The van der Waals surface area contributed by atoms with Crippen molar-refractivity contribution in [2.45, 2.75) is 32.0 Å². The minimum atomic E-state index is 0.0569. The third-order valence-corrected chi connectivity index (χ3v) is 4.72. The van der Waals surface area contributed by atoms with Gasteiger partial charge in [0.15, 0.2) is 5.11 Å². The van der Waals surface area contributed by atoms with Crippen molar-refractivity contribution in [2.75, 3.05) is 20.3 Å². The van der Waals surface area contributed by atoms with E-state index in [4.69, 9.17) is 17.0 Å². The van der Waals surface area contributed by atoms with Crippen molar-refractivity contribution in [3.8, 4) is 0 Å². The second-order valence-electron chi connectivity index (χ2n) is 5.94. The Hall–Kier alpha value is -1.92. The number of pyridine rings is 1. The van der Waals surface area contributed by atoms with Crippen LogP contribution in [-0.4, -0.2) is 39.8 Å². The lowest BCUT2D eigenvalue weighted by Crippen LogP contribution is -2.31. The summed E-state index contributed by atoms with van der Waals surface area (Å²) in [5, 5.41) is 4.28. The molecule has 1 saturated heterocycles. The summed E-state index contributed by atoms with van der Waals surface area (Å²) in [5.74, 6) is 0. The van der Waals surface area contributed by atoms with Gasteiger partial charge in [0.25, 0.3) is 0 Å². The van der Waals surface area contributed by atoms with E-state index in [2.05, 4.69) is 51.1 Å². The second-order valence-corrected chi connectivity index (χ2v) is 6.33. The van der Waals surface area contributed by atoms with Crippen molar-refractivity contribution in [1.29, 1.82) is 0 Å². The molecule has 3 heterocycles. The predicted octanol–water partition coefficient (Wildman–Crippen LogP) is 2.91. The van der Waals surface area contributed by atoms with E-state index >= 15 is 0 Å². The lowest BCUT2D eigenvalue weighted by atomic mass is 10.0. The van der Waals surface area contributed by atoms with Crippen LogP contribution in [0, 0.1) is 0 Å². The molecule has 2 aromatic heterocycles. The van der Waals surface area contributed by atoms with Crippen LogP contribution in [0.4, 0.5) is 0 Å². The molecule has 2 atom stereocenters. The molecule has 0 aromatic carbocycles. The molecule has 0 unspecified atom stereocenters. The Morgan fingerprint density at radius 2 is 2.12 bits per heavy atom. The van der Waals surface area contributed by atoms with Gasteiger partial charge in [-0.3, -0.25) is 4.98 Å². The molecule has 2 aromatic rings. The van der Waals surface area contributed by atoms with Crippen LogP contribution in [-0.2, 0) is 11.3 Å². The zero-order valence-corrected chi connectivity index (χ0v) is 15.0. The monoisotopic (exact) mass is 344 g/mol. The molecule has 1 aliphatic rings. The van der Waals surface area contributed by atoms with Gasteiger partial charge in [0.1, 0.15) is 0 Å². The molecule has 0 amide bonds. The number of hydrogen-bond acceptors (Lipinski definition) is 3. The van der Waals surface area contributed by atoms with Gasteiger partial charge in [-0.05, 0) is 42.9 Å². The maximum Gasteiger partial charge on any atom is 0.170 e. The molecule has 128 valence electrons. The standard InChI is InChI=1S/C18H24N4OS/c1-3-10-22-17(15-8-6-11-21(15)12-13-23-2)16(20-18(22)24)14-7-4-5-9-19-14/h4-9,11,16-17H,3,10,12-13H2,1-2H3,(H,20,24)/t16-,17+/m1/s1. The van der Waals surface area contributed by atoms with Crippen LogP contribution < -0.4 is 5.32 Å². The number of nitrogens with zero attached hydrogens (tertiary/aromatic N) is 3. The normalized spacial score (nSPS) is 20.4. The van der Waals surface area contributed by atoms with Gasteiger partial charge in [-0.1, -0.05) is 13.0 Å². The maximum atomic E-state index is 5.62. The third kappa shape index (κ3) is 3.30. The lowest BCUT2D eigenvalue weighted by molar-refractivity contribution is 0.184. The Labute approximate surface area is 148 Å².